The van der Waals surface area contributed by atoms with Gasteiger partial charge in [0.25, 0.3) is 0 Å². The van der Waals surface area contributed by atoms with Gasteiger partial charge in [-0.15, -0.1) is 10.2 Å². The van der Waals surface area contributed by atoms with Crippen molar-refractivity contribution in [3.8, 4) is 0 Å². The molecular weight excluding hydrogens is 216 g/mol. The molecule has 1 aromatic carbocycles. The molecule has 1 aliphatic carbocycles. The maximum absolute atomic E-state index is 5.77. The molecule has 1 aliphatic rings. The first kappa shape index (κ1) is 10.2. The van der Waals surface area contributed by atoms with Crippen molar-refractivity contribution in [2.24, 2.45) is 0 Å². The van der Waals surface area contributed by atoms with Crippen LogP contribution in [0.5, 0.6) is 0 Å². The highest BCUT2D eigenvalue weighted by Crippen LogP contribution is 2.32. The van der Waals surface area contributed by atoms with Crippen LogP contribution >= 0.6 is 0 Å². The molecule has 88 valence electrons. The molecule has 6 nitrogen and oxygen atoms in total. The predicted molar refractivity (Wildman–Crippen MR) is 62.9 cm³/mol. The Morgan fingerprint density at radius 2 is 2.41 bits per heavy atom. The number of anilines is 1. The fraction of sp³-hybridized carbons (Fsp3) is 0.364. The van der Waals surface area contributed by atoms with Crippen molar-refractivity contribution in [3.63, 3.8) is 0 Å². The SMILES string of the molecule is Nc1ccc2c(c1)CCC2NCc1nn[nH]n1. The number of hydrogen-bond acceptors (Lipinski definition) is 5. The number of nitrogens with two attached hydrogens (primary N) is 1. The lowest BCUT2D eigenvalue weighted by Crippen LogP contribution is -2.19. The lowest BCUT2D eigenvalue weighted by Gasteiger charge is -2.12. The Bertz CT molecular complexity index is 507. The Morgan fingerprint density at radius 1 is 1.47 bits per heavy atom. The van der Waals surface area contributed by atoms with E-state index in [1.54, 1.807) is 0 Å². The van der Waals surface area contributed by atoms with E-state index in [0.29, 0.717) is 18.4 Å². The van der Waals surface area contributed by atoms with Crippen molar-refractivity contribution in [1.82, 2.24) is 25.9 Å². The van der Waals surface area contributed by atoms with Crippen molar-refractivity contribution in [2.45, 2.75) is 25.4 Å². The number of rotatable bonds is 3. The molecule has 3 rings (SSSR count). The molecule has 0 radical (unpaired) electrons. The molecule has 1 aromatic heterocycles. The highest BCUT2D eigenvalue weighted by Gasteiger charge is 2.22. The molecule has 2 aromatic rings. The van der Waals surface area contributed by atoms with E-state index >= 15 is 0 Å². The van der Waals surface area contributed by atoms with Gasteiger partial charge in [-0.25, -0.2) is 0 Å². The minimum Gasteiger partial charge on any atom is -0.399 e. The molecule has 17 heavy (non-hydrogen) atoms. The minimum absolute atomic E-state index is 0.365. The molecule has 0 aliphatic heterocycles. The monoisotopic (exact) mass is 230 g/mol. The van der Waals surface area contributed by atoms with Crippen LogP contribution in [0.25, 0.3) is 0 Å². The van der Waals surface area contributed by atoms with Gasteiger partial charge in [0.1, 0.15) is 0 Å². The zero-order chi connectivity index (χ0) is 11.7. The lowest BCUT2D eigenvalue weighted by atomic mass is 10.1. The first-order chi connectivity index (χ1) is 8.33. The Balaban J connectivity index is 1.71. The first-order valence-corrected chi connectivity index (χ1v) is 5.67. The van der Waals surface area contributed by atoms with Crippen molar-refractivity contribution in [1.29, 1.82) is 0 Å². The summed E-state index contributed by atoms with van der Waals surface area (Å²) in [6, 6.07) is 6.48. The maximum Gasteiger partial charge on any atom is 0.188 e. The van der Waals surface area contributed by atoms with Crippen LogP contribution in [0.15, 0.2) is 18.2 Å². The van der Waals surface area contributed by atoms with E-state index in [2.05, 4.69) is 38.1 Å². The number of nitrogens with zero attached hydrogens (tertiary/aromatic N) is 3. The molecule has 4 N–H and O–H groups in total. The number of hydrogen-bond donors (Lipinski definition) is 3. The van der Waals surface area contributed by atoms with Crippen molar-refractivity contribution < 1.29 is 0 Å². The topological polar surface area (TPSA) is 92.5 Å². The third-order valence-electron chi connectivity index (χ3n) is 3.14. The van der Waals surface area contributed by atoms with Gasteiger partial charge in [0.05, 0.1) is 6.54 Å². The predicted octanol–water partition coefficient (Wildman–Crippen LogP) is 0.559. The summed E-state index contributed by atoms with van der Waals surface area (Å²) in [6.07, 6.45) is 2.17. The van der Waals surface area contributed by atoms with Gasteiger partial charge < -0.3 is 11.1 Å². The average Bonchev–Trinajstić information content (AvgIpc) is 2.94. The number of nitrogens with one attached hydrogen (secondary N) is 2. The van der Waals surface area contributed by atoms with E-state index in [9.17, 15) is 0 Å². The van der Waals surface area contributed by atoms with Gasteiger partial charge in [-0.3, -0.25) is 0 Å². The van der Waals surface area contributed by atoms with Gasteiger partial charge in [-0.2, -0.15) is 5.21 Å². The second-order valence-corrected chi connectivity index (χ2v) is 4.26. The van der Waals surface area contributed by atoms with Gasteiger partial charge in [0.15, 0.2) is 5.82 Å². The van der Waals surface area contributed by atoms with Crippen LogP contribution in [-0.2, 0) is 13.0 Å². The van der Waals surface area contributed by atoms with Gasteiger partial charge in [0.2, 0.25) is 0 Å². The van der Waals surface area contributed by atoms with Crippen LogP contribution in [0, 0.1) is 0 Å². The van der Waals surface area contributed by atoms with Crippen molar-refractivity contribution >= 4 is 5.69 Å². The largest absolute Gasteiger partial charge is 0.399 e. The normalized spacial score (nSPS) is 18.2. The second-order valence-electron chi connectivity index (χ2n) is 4.26. The number of aryl methyl sites for hydroxylation is 1. The van der Waals surface area contributed by atoms with Crippen molar-refractivity contribution in [2.75, 3.05) is 5.73 Å². The summed E-state index contributed by atoms with van der Waals surface area (Å²) < 4.78 is 0. The number of nitrogen functional groups attached to an aromatic ring is 1. The summed E-state index contributed by atoms with van der Waals surface area (Å²) in [5.74, 6) is 0.689. The van der Waals surface area contributed by atoms with E-state index in [1.807, 2.05) is 6.07 Å². The molecule has 1 atom stereocenters. The standard InChI is InChI=1S/C11H14N6/c12-8-2-3-9-7(5-8)1-4-10(9)13-6-11-14-16-17-15-11/h2-3,5,10,13H,1,4,6,12H2,(H,14,15,16,17). The van der Waals surface area contributed by atoms with Gasteiger partial charge in [0, 0.05) is 11.7 Å². The molecule has 0 spiro atoms. The zero-order valence-corrected chi connectivity index (χ0v) is 9.35. The fourth-order valence-corrected chi connectivity index (χ4v) is 2.32. The number of tetrazole rings is 1. The van der Waals surface area contributed by atoms with E-state index in [1.165, 1.54) is 11.1 Å². The molecule has 0 saturated heterocycles. The third-order valence-corrected chi connectivity index (χ3v) is 3.14. The molecule has 0 fully saturated rings. The number of benzene rings is 1. The third kappa shape index (κ3) is 1.99. The van der Waals surface area contributed by atoms with Crippen LogP contribution in [0.1, 0.15) is 29.4 Å². The molecule has 6 heteroatoms. The molecule has 1 heterocycles. The summed E-state index contributed by atoms with van der Waals surface area (Å²) in [5.41, 5.74) is 9.29. The first-order valence-electron chi connectivity index (χ1n) is 5.67. The summed E-state index contributed by atoms with van der Waals surface area (Å²) in [6.45, 7) is 0.630. The fourth-order valence-electron chi connectivity index (χ4n) is 2.32. The Morgan fingerprint density at radius 3 is 3.24 bits per heavy atom. The van der Waals surface area contributed by atoms with Gasteiger partial charge in [-0.1, -0.05) is 11.3 Å². The molecular formula is C11H14N6. The van der Waals surface area contributed by atoms with Crippen molar-refractivity contribution in [3.05, 3.63) is 35.2 Å². The summed E-state index contributed by atoms with van der Waals surface area (Å²) in [4.78, 5) is 0. The number of aromatic amines is 1. The molecule has 0 amide bonds. The molecule has 0 bridgehead atoms. The number of aromatic nitrogens is 4. The Kier molecular flexibility index (Phi) is 2.49. The Hall–Kier alpha value is -1.95. The smallest absolute Gasteiger partial charge is 0.188 e. The number of H-pyrrole nitrogens is 1. The second kappa shape index (κ2) is 4.14. The summed E-state index contributed by atoms with van der Waals surface area (Å²) >= 11 is 0. The molecule has 0 saturated carbocycles. The van der Waals surface area contributed by atoms with E-state index in [4.69, 9.17) is 5.73 Å². The summed E-state index contributed by atoms with van der Waals surface area (Å²) in [7, 11) is 0. The van der Waals surface area contributed by atoms with E-state index in [-0.39, 0.29) is 0 Å². The lowest BCUT2D eigenvalue weighted by molar-refractivity contribution is 0.519. The highest BCUT2D eigenvalue weighted by molar-refractivity contribution is 5.47. The quantitative estimate of drug-likeness (QED) is 0.670. The highest BCUT2D eigenvalue weighted by atomic mass is 15.5. The van der Waals surface area contributed by atoms with Crippen LogP contribution in [0.3, 0.4) is 0 Å². The number of fused-ring (bicyclic) bond motifs is 1. The van der Waals surface area contributed by atoms with Gasteiger partial charge in [-0.05, 0) is 36.1 Å². The zero-order valence-electron chi connectivity index (χ0n) is 9.35. The summed E-state index contributed by atoms with van der Waals surface area (Å²) in [5, 5.41) is 17.2. The van der Waals surface area contributed by atoms with E-state index in [0.717, 1.165) is 18.5 Å². The van der Waals surface area contributed by atoms with E-state index < -0.39 is 0 Å². The maximum atomic E-state index is 5.77. The molecule has 1 unspecified atom stereocenters. The average molecular weight is 230 g/mol. The van der Waals surface area contributed by atoms with Crippen LogP contribution in [0.4, 0.5) is 5.69 Å². The van der Waals surface area contributed by atoms with Crippen LogP contribution in [0.2, 0.25) is 0 Å². The minimum atomic E-state index is 0.365. The Labute approximate surface area is 98.6 Å². The van der Waals surface area contributed by atoms with Crippen LogP contribution < -0.4 is 11.1 Å². The van der Waals surface area contributed by atoms with Gasteiger partial charge >= 0.3 is 0 Å². The van der Waals surface area contributed by atoms with Crippen LogP contribution in [-0.4, -0.2) is 20.6 Å².